The number of nitrogens with one attached hydrogen (secondary N) is 1. The Morgan fingerprint density at radius 1 is 1.60 bits per heavy atom. The minimum atomic E-state index is -0.488. The molecule has 0 aliphatic heterocycles. The second kappa shape index (κ2) is 6.14. The van der Waals surface area contributed by atoms with E-state index in [0.717, 1.165) is 0 Å². The van der Waals surface area contributed by atoms with Gasteiger partial charge in [0, 0.05) is 18.0 Å². The molecule has 1 atom stereocenters. The Morgan fingerprint density at radius 3 is 2.67 bits per heavy atom. The predicted molar refractivity (Wildman–Crippen MR) is 57.4 cm³/mol. The van der Waals surface area contributed by atoms with Gasteiger partial charge in [-0.2, -0.15) is 0 Å². The quantitative estimate of drug-likeness (QED) is 0.442. The maximum Gasteiger partial charge on any atom is 0.407 e. The number of rotatable bonds is 4. The summed E-state index contributed by atoms with van der Waals surface area (Å²) >= 11 is 0. The van der Waals surface area contributed by atoms with E-state index in [1.165, 1.54) is 0 Å². The number of azide groups is 1. The monoisotopic (exact) mass is 214 g/mol. The number of hydrogen-bond acceptors (Lipinski definition) is 3. The molecule has 0 spiro atoms. The first kappa shape index (κ1) is 13.6. The molecule has 0 heterocycles. The van der Waals surface area contributed by atoms with Crippen LogP contribution in [-0.2, 0) is 4.74 Å². The van der Waals surface area contributed by atoms with Gasteiger partial charge in [0.05, 0.1) is 0 Å². The van der Waals surface area contributed by atoms with Crippen LogP contribution in [0, 0.1) is 5.92 Å². The van der Waals surface area contributed by atoms with Crippen LogP contribution in [0.4, 0.5) is 4.79 Å². The number of hydrogen-bond donors (Lipinski definition) is 1. The molecule has 0 aromatic carbocycles. The molecule has 1 amide bonds. The van der Waals surface area contributed by atoms with Gasteiger partial charge in [0.1, 0.15) is 5.60 Å². The standard InChI is InChI=1S/C9H18N4O2/c1-7(6-12-13-10)5-11-8(14)15-9(2,3)4/h7H,5-6H2,1-4H3,(H,11,14). The summed E-state index contributed by atoms with van der Waals surface area (Å²) in [5.41, 5.74) is 7.60. The number of alkyl carbamates (subject to hydrolysis) is 1. The Morgan fingerprint density at radius 2 is 2.20 bits per heavy atom. The van der Waals surface area contributed by atoms with Crippen molar-refractivity contribution in [3.63, 3.8) is 0 Å². The van der Waals surface area contributed by atoms with Crippen molar-refractivity contribution in [2.24, 2.45) is 11.0 Å². The Hall–Kier alpha value is -1.42. The van der Waals surface area contributed by atoms with Gasteiger partial charge in [-0.25, -0.2) is 4.79 Å². The van der Waals surface area contributed by atoms with Crippen molar-refractivity contribution in [1.82, 2.24) is 5.32 Å². The lowest BCUT2D eigenvalue weighted by molar-refractivity contribution is 0.0521. The van der Waals surface area contributed by atoms with Crippen LogP contribution in [0.3, 0.4) is 0 Å². The van der Waals surface area contributed by atoms with Crippen molar-refractivity contribution in [2.75, 3.05) is 13.1 Å². The Balaban J connectivity index is 3.76. The molecule has 0 bridgehead atoms. The largest absolute Gasteiger partial charge is 0.444 e. The highest BCUT2D eigenvalue weighted by Gasteiger charge is 2.16. The van der Waals surface area contributed by atoms with Crippen molar-refractivity contribution >= 4 is 6.09 Å². The summed E-state index contributed by atoms with van der Waals surface area (Å²) in [6.45, 7) is 8.09. The van der Waals surface area contributed by atoms with Crippen LogP contribution in [0.2, 0.25) is 0 Å². The van der Waals surface area contributed by atoms with E-state index in [0.29, 0.717) is 13.1 Å². The first-order valence-corrected chi connectivity index (χ1v) is 4.83. The molecule has 1 N–H and O–H groups in total. The van der Waals surface area contributed by atoms with Crippen molar-refractivity contribution in [3.8, 4) is 0 Å². The molecular formula is C9H18N4O2. The van der Waals surface area contributed by atoms with Crippen molar-refractivity contribution < 1.29 is 9.53 Å². The van der Waals surface area contributed by atoms with Gasteiger partial charge in [-0.3, -0.25) is 0 Å². The van der Waals surface area contributed by atoms with Gasteiger partial charge in [-0.15, -0.1) is 0 Å². The van der Waals surface area contributed by atoms with Gasteiger partial charge in [-0.05, 0) is 32.2 Å². The highest BCUT2D eigenvalue weighted by atomic mass is 16.6. The summed E-state index contributed by atoms with van der Waals surface area (Å²) < 4.78 is 5.04. The average Bonchev–Trinajstić information content (AvgIpc) is 2.08. The van der Waals surface area contributed by atoms with E-state index in [-0.39, 0.29) is 5.92 Å². The Bertz CT molecular complexity index is 253. The first-order valence-electron chi connectivity index (χ1n) is 4.83. The van der Waals surface area contributed by atoms with Crippen molar-refractivity contribution in [3.05, 3.63) is 10.4 Å². The van der Waals surface area contributed by atoms with E-state index in [9.17, 15) is 4.79 Å². The molecule has 0 fully saturated rings. The molecule has 0 aromatic heterocycles. The Labute approximate surface area is 89.6 Å². The van der Waals surface area contributed by atoms with Crippen molar-refractivity contribution in [1.29, 1.82) is 0 Å². The second-order valence-corrected chi connectivity index (χ2v) is 4.40. The zero-order valence-corrected chi connectivity index (χ0v) is 9.65. The van der Waals surface area contributed by atoms with Crippen LogP contribution in [0.1, 0.15) is 27.7 Å². The number of carbonyl (C=O) groups excluding carboxylic acids is 1. The molecule has 6 nitrogen and oxygen atoms in total. The van der Waals surface area contributed by atoms with E-state index in [1.54, 1.807) is 20.8 Å². The third-order valence-corrected chi connectivity index (χ3v) is 1.45. The van der Waals surface area contributed by atoms with Gasteiger partial charge in [-0.1, -0.05) is 12.0 Å². The summed E-state index contributed by atoms with van der Waals surface area (Å²) in [5.74, 6) is 0.105. The topological polar surface area (TPSA) is 87.1 Å². The van der Waals surface area contributed by atoms with Crippen LogP contribution in [0.25, 0.3) is 10.4 Å². The minimum absolute atomic E-state index is 0.105. The molecule has 6 heteroatoms. The highest BCUT2D eigenvalue weighted by molar-refractivity contribution is 5.67. The molecule has 0 aliphatic carbocycles. The number of nitrogens with zero attached hydrogens (tertiary/aromatic N) is 3. The molecule has 1 unspecified atom stereocenters. The van der Waals surface area contributed by atoms with E-state index < -0.39 is 11.7 Å². The lowest BCUT2D eigenvalue weighted by Crippen LogP contribution is -2.35. The second-order valence-electron chi connectivity index (χ2n) is 4.40. The van der Waals surface area contributed by atoms with Crippen LogP contribution < -0.4 is 5.32 Å². The fourth-order valence-corrected chi connectivity index (χ4v) is 0.812. The van der Waals surface area contributed by atoms with Crippen LogP contribution in [0.15, 0.2) is 5.11 Å². The average molecular weight is 214 g/mol. The van der Waals surface area contributed by atoms with Gasteiger partial charge in [0.25, 0.3) is 0 Å². The SMILES string of the molecule is CC(CN=[N+]=[N-])CNC(=O)OC(C)(C)C. The van der Waals surface area contributed by atoms with Crippen molar-refractivity contribution in [2.45, 2.75) is 33.3 Å². The summed E-state index contributed by atoms with van der Waals surface area (Å²) in [4.78, 5) is 13.8. The molecule has 15 heavy (non-hydrogen) atoms. The maximum atomic E-state index is 11.2. The van der Waals surface area contributed by atoms with Crippen LogP contribution in [-0.4, -0.2) is 24.8 Å². The third-order valence-electron chi connectivity index (χ3n) is 1.45. The summed E-state index contributed by atoms with van der Waals surface area (Å²) in [5, 5.41) is 6.02. The van der Waals surface area contributed by atoms with E-state index in [1.807, 2.05) is 6.92 Å². The Kier molecular flexibility index (Phi) is 5.56. The van der Waals surface area contributed by atoms with Crippen LogP contribution in [0.5, 0.6) is 0 Å². The minimum Gasteiger partial charge on any atom is -0.444 e. The van der Waals surface area contributed by atoms with E-state index >= 15 is 0 Å². The molecule has 0 rings (SSSR count). The van der Waals surface area contributed by atoms with Gasteiger partial charge in [0.2, 0.25) is 0 Å². The van der Waals surface area contributed by atoms with E-state index in [2.05, 4.69) is 15.3 Å². The van der Waals surface area contributed by atoms with Gasteiger partial charge in [0.15, 0.2) is 0 Å². The molecule has 86 valence electrons. The molecule has 0 saturated carbocycles. The summed E-state index contributed by atoms with van der Waals surface area (Å²) in [6.07, 6.45) is -0.449. The zero-order chi connectivity index (χ0) is 11.9. The summed E-state index contributed by atoms with van der Waals surface area (Å²) in [6, 6.07) is 0. The fourth-order valence-electron chi connectivity index (χ4n) is 0.812. The predicted octanol–water partition coefficient (Wildman–Crippen LogP) is 2.46. The molecule has 0 saturated heterocycles. The lowest BCUT2D eigenvalue weighted by atomic mass is 10.2. The van der Waals surface area contributed by atoms with Gasteiger partial charge >= 0.3 is 6.09 Å². The fraction of sp³-hybridized carbons (Fsp3) is 0.889. The number of amides is 1. The molecule has 0 radical (unpaired) electrons. The zero-order valence-electron chi connectivity index (χ0n) is 9.65. The third kappa shape index (κ3) is 8.90. The number of ether oxygens (including phenoxy) is 1. The van der Waals surface area contributed by atoms with Crippen LogP contribution >= 0.6 is 0 Å². The van der Waals surface area contributed by atoms with E-state index in [4.69, 9.17) is 10.3 Å². The molecule has 0 aromatic rings. The first-order chi connectivity index (χ1) is 6.85. The lowest BCUT2D eigenvalue weighted by Gasteiger charge is -2.20. The maximum absolute atomic E-state index is 11.2. The molecular weight excluding hydrogens is 196 g/mol. The normalized spacial score (nSPS) is 12.5. The highest BCUT2D eigenvalue weighted by Crippen LogP contribution is 2.06. The van der Waals surface area contributed by atoms with Gasteiger partial charge < -0.3 is 10.1 Å². The number of carbonyl (C=O) groups is 1. The summed E-state index contributed by atoms with van der Waals surface area (Å²) in [7, 11) is 0. The smallest absolute Gasteiger partial charge is 0.407 e. The molecule has 0 aliphatic rings.